The Morgan fingerprint density at radius 3 is 2.93 bits per heavy atom. The van der Waals surface area contributed by atoms with E-state index in [-0.39, 0.29) is 11.8 Å². The van der Waals surface area contributed by atoms with E-state index in [4.69, 9.17) is 4.74 Å². The van der Waals surface area contributed by atoms with E-state index in [9.17, 15) is 4.79 Å². The standard InChI is InChI=1S/C9H14N4O2/c1-13-6-8(11-12-13)10-9(14)7-2-4-15-5-3-7/h6-7H,2-5H2,1H3,(H,10,14). The minimum atomic E-state index is 0.0128. The highest BCUT2D eigenvalue weighted by Crippen LogP contribution is 2.16. The smallest absolute Gasteiger partial charge is 0.228 e. The minimum absolute atomic E-state index is 0.0128. The topological polar surface area (TPSA) is 69.0 Å². The van der Waals surface area contributed by atoms with Gasteiger partial charge in [-0.2, -0.15) is 0 Å². The summed E-state index contributed by atoms with van der Waals surface area (Å²) in [5.74, 6) is 0.563. The van der Waals surface area contributed by atoms with Crippen molar-refractivity contribution in [3.8, 4) is 0 Å². The molecule has 0 bridgehead atoms. The van der Waals surface area contributed by atoms with Crippen LogP contribution in [0, 0.1) is 5.92 Å². The third kappa shape index (κ3) is 2.53. The molecular formula is C9H14N4O2. The molecule has 0 saturated carbocycles. The second-order valence-corrected chi connectivity index (χ2v) is 3.65. The first-order valence-electron chi connectivity index (χ1n) is 5.00. The summed E-state index contributed by atoms with van der Waals surface area (Å²) in [6.07, 6.45) is 3.25. The van der Waals surface area contributed by atoms with E-state index in [0.717, 1.165) is 12.8 Å². The summed E-state index contributed by atoms with van der Waals surface area (Å²) in [7, 11) is 1.76. The van der Waals surface area contributed by atoms with Crippen molar-refractivity contribution in [3.05, 3.63) is 6.20 Å². The molecule has 0 aromatic carbocycles. The molecule has 15 heavy (non-hydrogen) atoms. The van der Waals surface area contributed by atoms with Crippen LogP contribution in [0.4, 0.5) is 5.82 Å². The van der Waals surface area contributed by atoms with Crippen LogP contribution < -0.4 is 5.32 Å². The molecule has 0 radical (unpaired) electrons. The maximum Gasteiger partial charge on any atom is 0.228 e. The van der Waals surface area contributed by atoms with Crippen LogP contribution >= 0.6 is 0 Å². The summed E-state index contributed by atoms with van der Waals surface area (Å²) in [6, 6.07) is 0. The molecule has 2 rings (SSSR count). The summed E-state index contributed by atoms with van der Waals surface area (Å²) >= 11 is 0. The van der Waals surface area contributed by atoms with E-state index in [1.165, 1.54) is 0 Å². The van der Waals surface area contributed by atoms with Crippen molar-refractivity contribution in [2.45, 2.75) is 12.8 Å². The van der Waals surface area contributed by atoms with Crippen LogP contribution in [-0.2, 0) is 16.6 Å². The van der Waals surface area contributed by atoms with Gasteiger partial charge in [0.05, 0.1) is 6.20 Å². The number of carbonyl (C=O) groups excluding carboxylic acids is 1. The zero-order valence-electron chi connectivity index (χ0n) is 8.64. The number of hydrogen-bond acceptors (Lipinski definition) is 4. The van der Waals surface area contributed by atoms with Crippen molar-refractivity contribution in [2.24, 2.45) is 13.0 Å². The predicted molar refractivity (Wildman–Crippen MR) is 53.2 cm³/mol. The average molecular weight is 210 g/mol. The predicted octanol–water partition coefficient (Wildman–Crippen LogP) is 0.180. The lowest BCUT2D eigenvalue weighted by molar-refractivity contribution is -0.122. The number of aryl methyl sites for hydroxylation is 1. The molecule has 1 fully saturated rings. The summed E-state index contributed by atoms with van der Waals surface area (Å²) < 4.78 is 6.75. The number of ether oxygens (including phenoxy) is 1. The van der Waals surface area contributed by atoms with E-state index in [0.29, 0.717) is 19.0 Å². The normalized spacial score (nSPS) is 17.7. The second kappa shape index (κ2) is 4.39. The Balaban J connectivity index is 1.91. The van der Waals surface area contributed by atoms with E-state index >= 15 is 0 Å². The Labute approximate surface area is 87.6 Å². The Morgan fingerprint density at radius 2 is 2.33 bits per heavy atom. The molecule has 2 heterocycles. The largest absolute Gasteiger partial charge is 0.381 e. The van der Waals surface area contributed by atoms with Crippen molar-refractivity contribution in [1.82, 2.24) is 15.0 Å². The highest BCUT2D eigenvalue weighted by atomic mass is 16.5. The van der Waals surface area contributed by atoms with Crippen LogP contribution in [0.1, 0.15) is 12.8 Å². The molecule has 0 atom stereocenters. The molecule has 1 aromatic rings. The second-order valence-electron chi connectivity index (χ2n) is 3.65. The summed E-state index contributed by atoms with van der Waals surface area (Å²) in [4.78, 5) is 11.7. The van der Waals surface area contributed by atoms with Gasteiger partial charge in [0.15, 0.2) is 5.82 Å². The Kier molecular flexibility index (Phi) is 2.96. The number of rotatable bonds is 2. The van der Waals surface area contributed by atoms with Gasteiger partial charge in [0.2, 0.25) is 5.91 Å². The lowest BCUT2D eigenvalue weighted by Crippen LogP contribution is -2.28. The zero-order chi connectivity index (χ0) is 10.7. The van der Waals surface area contributed by atoms with Crippen LogP contribution in [0.15, 0.2) is 6.20 Å². The molecule has 1 amide bonds. The van der Waals surface area contributed by atoms with Gasteiger partial charge in [0.25, 0.3) is 0 Å². The van der Waals surface area contributed by atoms with Crippen molar-refractivity contribution >= 4 is 11.7 Å². The van der Waals surface area contributed by atoms with Gasteiger partial charge >= 0.3 is 0 Å². The summed E-state index contributed by atoms with van der Waals surface area (Å²) in [5.41, 5.74) is 0. The number of carbonyl (C=O) groups is 1. The summed E-state index contributed by atoms with van der Waals surface area (Å²) in [5, 5.41) is 10.3. The van der Waals surface area contributed by atoms with Crippen molar-refractivity contribution in [1.29, 1.82) is 0 Å². The molecule has 0 unspecified atom stereocenters. The number of nitrogens with one attached hydrogen (secondary N) is 1. The first-order chi connectivity index (χ1) is 7.25. The van der Waals surface area contributed by atoms with Crippen LogP contribution in [-0.4, -0.2) is 34.1 Å². The van der Waals surface area contributed by atoms with Gasteiger partial charge in [0, 0.05) is 26.2 Å². The molecule has 82 valence electrons. The number of nitrogens with zero attached hydrogens (tertiary/aromatic N) is 3. The molecule has 6 heteroatoms. The first-order valence-corrected chi connectivity index (χ1v) is 5.00. The van der Waals surface area contributed by atoms with E-state index in [1.807, 2.05) is 0 Å². The summed E-state index contributed by atoms with van der Waals surface area (Å²) in [6.45, 7) is 1.33. The molecule has 1 aliphatic heterocycles. The van der Waals surface area contributed by atoms with Crippen LogP contribution in [0.5, 0.6) is 0 Å². The molecular weight excluding hydrogens is 196 g/mol. The highest BCUT2D eigenvalue weighted by molar-refractivity contribution is 5.91. The minimum Gasteiger partial charge on any atom is -0.381 e. The van der Waals surface area contributed by atoms with Gasteiger partial charge in [-0.1, -0.05) is 5.21 Å². The lowest BCUT2D eigenvalue weighted by atomic mass is 10.00. The number of aromatic nitrogens is 3. The van der Waals surface area contributed by atoms with Crippen LogP contribution in [0.3, 0.4) is 0 Å². The number of anilines is 1. The number of amides is 1. The van der Waals surface area contributed by atoms with Gasteiger partial charge in [-0.05, 0) is 12.8 Å². The lowest BCUT2D eigenvalue weighted by Gasteiger charge is -2.20. The van der Waals surface area contributed by atoms with Gasteiger partial charge in [0.1, 0.15) is 0 Å². The van der Waals surface area contributed by atoms with Gasteiger partial charge in [-0.3, -0.25) is 9.48 Å². The Bertz CT molecular complexity index is 344. The van der Waals surface area contributed by atoms with Gasteiger partial charge in [-0.15, -0.1) is 5.10 Å². The average Bonchev–Trinajstić information content (AvgIpc) is 2.65. The van der Waals surface area contributed by atoms with Gasteiger partial charge < -0.3 is 10.1 Å². The maximum absolute atomic E-state index is 11.7. The Hall–Kier alpha value is -1.43. The van der Waals surface area contributed by atoms with Crippen LogP contribution in [0.2, 0.25) is 0 Å². The van der Waals surface area contributed by atoms with Crippen molar-refractivity contribution < 1.29 is 9.53 Å². The molecule has 1 saturated heterocycles. The van der Waals surface area contributed by atoms with Gasteiger partial charge in [-0.25, -0.2) is 0 Å². The number of hydrogen-bond donors (Lipinski definition) is 1. The first kappa shape index (κ1) is 10.1. The van der Waals surface area contributed by atoms with E-state index < -0.39 is 0 Å². The SMILES string of the molecule is Cn1cc(NC(=O)C2CCOCC2)nn1. The van der Waals surface area contributed by atoms with Crippen molar-refractivity contribution in [2.75, 3.05) is 18.5 Å². The molecule has 1 N–H and O–H groups in total. The molecule has 6 nitrogen and oxygen atoms in total. The monoisotopic (exact) mass is 210 g/mol. The Morgan fingerprint density at radius 1 is 1.60 bits per heavy atom. The maximum atomic E-state index is 11.7. The fraction of sp³-hybridized carbons (Fsp3) is 0.667. The third-order valence-electron chi connectivity index (χ3n) is 2.45. The third-order valence-corrected chi connectivity index (χ3v) is 2.45. The molecule has 1 aliphatic rings. The molecule has 0 aliphatic carbocycles. The van der Waals surface area contributed by atoms with E-state index in [1.54, 1.807) is 17.9 Å². The fourth-order valence-corrected chi connectivity index (χ4v) is 1.59. The zero-order valence-corrected chi connectivity index (χ0v) is 8.64. The van der Waals surface area contributed by atoms with Crippen LogP contribution in [0.25, 0.3) is 0 Å². The molecule has 1 aromatic heterocycles. The highest BCUT2D eigenvalue weighted by Gasteiger charge is 2.22. The fourth-order valence-electron chi connectivity index (χ4n) is 1.59. The van der Waals surface area contributed by atoms with E-state index in [2.05, 4.69) is 15.6 Å². The quantitative estimate of drug-likeness (QED) is 0.756. The van der Waals surface area contributed by atoms with Crippen molar-refractivity contribution in [3.63, 3.8) is 0 Å². The molecule has 0 spiro atoms.